The highest BCUT2D eigenvalue weighted by Gasteiger charge is 2.24. The summed E-state index contributed by atoms with van der Waals surface area (Å²) < 4.78 is 26.6. The highest BCUT2D eigenvalue weighted by Crippen LogP contribution is 2.18. The van der Waals surface area contributed by atoms with Gasteiger partial charge in [0.15, 0.2) is 0 Å². The first-order valence-electron chi connectivity index (χ1n) is 6.27. The van der Waals surface area contributed by atoms with Crippen LogP contribution < -0.4 is 10.5 Å². The topological polar surface area (TPSA) is 115 Å². The Kier molecular flexibility index (Phi) is 7.25. The molecule has 1 rings (SSSR count). The van der Waals surface area contributed by atoms with Crippen LogP contribution in [-0.2, 0) is 10.0 Å². The van der Waals surface area contributed by atoms with Crippen LogP contribution in [0.5, 0.6) is 0 Å². The van der Waals surface area contributed by atoms with Crippen LogP contribution in [0, 0.1) is 10.1 Å². The normalized spacial score (nSPS) is 11.8. The van der Waals surface area contributed by atoms with E-state index in [1.165, 1.54) is 18.2 Å². The molecule has 7 nitrogen and oxygen atoms in total. The number of hydrogen-bond acceptors (Lipinski definition) is 5. The average molecular weight is 338 g/mol. The summed E-state index contributed by atoms with van der Waals surface area (Å²) in [5, 5.41) is 10.7. The molecule has 0 fully saturated rings. The Bertz CT molecular complexity index is 588. The van der Waals surface area contributed by atoms with Crippen molar-refractivity contribution in [2.75, 3.05) is 6.54 Å². The van der Waals surface area contributed by atoms with Crippen molar-refractivity contribution < 1.29 is 13.3 Å². The quantitative estimate of drug-likeness (QED) is 0.581. The molecule has 0 radical (unpaired) electrons. The van der Waals surface area contributed by atoms with Crippen molar-refractivity contribution in [3.63, 3.8) is 0 Å². The highest BCUT2D eigenvalue weighted by atomic mass is 35.5. The fourth-order valence-electron chi connectivity index (χ4n) is 1.59. The molecule has 0 bridgehead atoms. The minimum Gasteiger partial charge on any atom is -0.324 e. The Labute approximate surface area is 130 Å². The van der Waals surface area contributed by atoms with Crippen LogP contribution in [0.15, 0.2) is 29.2 Å². The zero-order valence-electron chi connectivity index (χ0n) is 11.9. The minimum absolute atomic E-state index is 0. The zero-order chi connectivity index (χ0) is 15.4. The molecule has 0 spiro atoms. The molecule has 0 aliphatic heterocycles. The number of nitro groups is 1. The third kappa shape index (κ3) is 5.24. The fourth-order valence-corrected chi connectivity index (χ4v) is 2.76. The lowest BCUT2D eigenvalue weighted by Crippen LogP contribution is -2.49. The first kappa shape index (κ1) is 19.8. The molecule has 0 aliphatic carbocycles. The summed E-state index contributed by atoms with van der Waals surface area (Å²) in [4.78, 5) is 9.89. The van der Waals surface area contributed by atoms with Gasteiger partial charge >= 0.3 is 0 Å². The van der Waals surface area contributed by atoms with Crippen molar-refractivity contribution >= 4 is 28.1 Å². The number of nitrogens with two attached hydrogens (primary N) is 1. The molecule has 1 aromatic carbocycles. The predicted octanol–water partition coefficient (Wildman–Crippen LogP) is 1.81. The predicted molar refractivity (Wildman–Crippen MR) is 83.0 cm³/mol. The van der Waals surface area contributed by atoms with Crippen molar-refractivity contribution in [2.24, 2.45) is 5.73 Å². The lowest BCUT2D eigenvalue weighted by atomic mass is 9.95. The first-order chi connectivity index (χ1) is 9.24. The van der Waals surface area contributed by atoms with Crippen molar-refractivity contribution in [1.82, 2.24) is 4.72 Å². The van der Waals surface area contributed by atoms with E-state index < -0.39 is 20.5 Å². The molecule has 0 aromatic heterocycles. The van der Waals surface area contributed by atoms with Crippen LogP contribution >= 0.6 is 12.4 Å². The number of nitro benzene ring substituents is 1. The maximum absolute atomic E-state index is 12.1. The number of hydrogen-bond donors (Lipinski definition) is 2. The first-order valence-corrected chi connectivity index (χ1v) is 7.75. The van der Waals surface area contributed by atoms with Gasteiger partial charge in [0, 0.05) is 24.2 Å². The highest BCUT2D eigenvalue weighted by molar-refractivity contribution is 7.89. The molecule has 0 aliphatic rings. The van der Waals surface area contributed by atoms with Crippen LogP contribution in [0.4, 0.5) is 5.69 Å². The van der Waals surface area contributed by atoms with E-state index in [-0.39, 0.29) is 29.5 Å². The number of non-ortho nitro benzene ring substituents is 1. The molecule has 0 unspecified atom stereocenters. The fraction of sp³-hybridized carbons (Fsp3) is 0.500. The Balaban J connectivity index is 0.00000400. The summed E-state index contributed by atoms with van der Waals surface area (Å²) in [6.45, 7) is 3.85. The molecule has 0 amide bonds. The molecular formula is C12H20ClN3O4S. The molecule has 0 heterocycles. The smallest absolute Gasteiger partial charge is 0.270 e. The second kappa shape index (κ2) is 7.69. The Morgan fingerprint density at radius 1 is 1.33 bits per heavy atom. The zero-order valence-corrected chi connectivity index (χ0v) is 13.5. The standard InChI is InChI=1S/C12H19N3O4S.ClH/c1-3-12(13,4-2)9-14-20(18,19)11-7-5-6-10(8-11)15(16)17;/h5-8,14H,3-4,9,13H2,1-2H3;1H. The summed E-state index contributed by atoms with van der Waals surface area (Å²) in [5.41, 5.74) is 5.14. The summed E-state index contributed by atoms with van der Waals surface area (Å²) in [5.74, 6) is 0. The molecule has 0 saturated heterocycles. The number of rotatable bonds is 7. The van der Waals surface area contributed by atoms with Crippen molar-refractivity contribution in [2.45, 2.75) is 37.1 Å². The Morgan fingerprint density at radius 3 is 2.38 bits per heavy atom. The number of nitrogens with zero attached hydrogens (tertiary/aromatic N) is 1. The van der Waals surface area contributed by atoms with E-state index in [0.29, 0.717) is 12.8 Å². The lowest BCUT2D eigenvalue weighted by molar-refractivity contribution is -0.385. The van der Waals surface area contributed by atoms with E-state index in [1.807, 2.05) is 13.8 Å². The van der Waals surface area contributed by atoms with E-state index in [1.54, 1.807) is 0 Å². The van der Waals surface area contributed by atoms with Gasteiger partial charge in [-0.1, -0.05) is 19.9 Å². The largest absolute Gasteiger partial charge is 0.324 e. The number of benzene rings is 1. The molecule has 0 atom stereocenters. The van der Waals surface area contributed by atoms with Gasteiger partial charge in [-0.2, -0.15) is 0 Å². The van der Waals surface area contributed by atoms with Gasteiger partial charge in [-0.3, -0.25) is 10.1 Å². The van der Waals surface area contributed by atoms with Crippen LogP contribution in [0.1, 0.15) is 26.7 Å². The molecule has 9 heteroatoms. The van der Waals surface area contributed by atoms with Gasteiger partial charge in [0.05, 0.1) is 9.82 Å². The van der Waals surface area contributed by atoms with Gasteiger partial charge in [0.1, 0.15) is 0 Å². The second-order valence-corrected chi connectivity index (χ2v) is 6.42. The van der Waals surface area contributed by atoms with E-state index in [2.05, 4.69) is 4.72 Å². The molecule has 120 valence electrons. The molecular weight excluding hydrogens is 318 g/mol. The summed E-state index contributed by atoms with van der Waals surface area (Å²) in [6, 6.07) is 4.91. The van der Waals surface area contributed by atoms with Crippen LogP contribution in [0.2, 0.25) is 0 Å². The third-order valence-corrected chi connectivity index (χ3v) is 4.76. The van der Waals surface area contributed by atoms with E-state index in [0.717, 1.165) is 6.07 Å². The van der Waals surface area contributed by atoms with Gasteiger partial charge in [-0.15, -0.1) is 12.4 Å². The van der Waals surface area contributed by atoms with Gasteiger partial charge in [-0.25, -0.2) is 13.1 Å². The summed E-state index contributed by atoms with van der Waals surface area (Å²) >= 11 is 0. The Morgan fingerprint density at radius 2 is 1.90 bits per heavy atom. The molecule has 1 aromatic rings. The summed E-state index contributed by atoms with van der Waals surface area (Å²) in [7, 11) is -3.80. The van der Waals surface area contributed by atoms with E-state index >= 15 is 0 Å². The minimum atomic E-state index is -3.80. The lowest BCUT2D eigenvalue weighted by Gasteiger charge is -2.26. The van der Waals surface area contributed by atoms with E-state index in [4.69, 9.17) is 5.73 Å². The SMILES string of the molecule is CCC(N)(CC)CNS(=O)(=O)c1cccc([N+](=O)[O-])c1.Cl. The molecule has 0 saturated carbocycles. The van der Waals surface area contributed by atoms with Gasteiger partial charge in [0.2, 0.25) is 10.0 Å². The number of nitrogens with one attached hydrogen (secondary N) is 1. The average Bonchev–Trinajstić information content (AvgIpc) is 2.45. The van der Waals surface area contributed by atoms with Crippen LogP contribution in [-0.4, -0.2) is 25.4 Å². The second-order valence-electron chi connectivity index (χ2n) is 4.65. The molecule has 21 heavy (non-hydrogen) atoms. The van der Waals surface area contributed by atoms with Crippen molar-refractivity contribution in [1.29, 1.82) is 0 Å². The maximum atomic E-state index is 12.1. The monoisotopic (exact) mass is 337 g/mol. The number of halogens is 1. The van der Waals surface area contributed by atoms with Crippen LogP contribution in [0.25, 0.3) is 0 Å². The van der Waals surface area contributed by atoms with Crippen molar-refractivity contribution in [3.8, 4) is 0 Å². The number of sulfonamides is 1. The van der Waals surface area contributed by atoms with Crippen LogP contribution in [0.3, 0.4) is 0 Å². The maximum Gasteiger partial charge on any atom is 0.270 e. The third-order valence-electron chi connectivity index (χ3n) is 3.36. The van der Waals surface area contributed by atoms with Gasteiger partial charge < -0.3 is 5.73 Å². The van der Waals surface area contributed by atoms with Gasteiger partial charge in [0.25, 0.3) is 5.69 Å². The Hall–Kier alpha value is -1.22. The van der Waals surface area contributed by atoms with E-state index in [9.17, 15) is 18.5 Å². The molecule has 3 N–H and O–H groups in total. The van der Waals surface area contributed by atoms with Gasteiger partial charge in [-0.05, 0) is 18.9 Å². The summed E-state index contributed by atoms with van der Waals surface area (Å²) in [6.07, 6.45) is 1.25. The van der Waals surface area contributed by atoms with Crippen molar-refractivity contribution in [3.05, 3.63) is 34.4 Å².